The smallest absolute Gasteiger partial charge is 0.407 e. The van der Waals surface area contributed by atoms with Crippen LogP contribution in [0.2, 0.25) is 0 Å². The zero-order chi connectivity index (χ0) is 9.84. The minimum Gasteiger partial charge on any atom is -0.465 e. The van der Waals surface area contributed by atoms with Crippen LogP contribution in [-0.2, 0) is 4.79 Å². The minimum atomic E-state index is -0.961. The molecule has 2 amide bonds. The molecule has 0 saturated carbocycles. The van der Waals surface area contributed by atoms with Gasteiger partial charge in [-0.25, -0.2) is 4.79 Å². The maximum Gasteiger partial charge on any atom is 0.407 e. The van der Waals surface area contributed by atoms with Crippen LogP contribution >= 0.6 is 0 Å². The lowest BCUT2D eigenvalue weighted by Gasteiger charge is -2.11. The van der Waals surface area contributed by atoms with Crippen molar-refractivity contribution >= 4 is 12.0 Å². The highest BCUT2D eigenvalue weighted by molar-refractivity contribution is 5.93. The zero-order valence-corrected chi connectivity index (χ0v) is 6.99. The van der Waals surface area contributed by atoms with E-state index >= 15 is 0 Å². The second-order valence-corrected chi connectivity index (χ2v) is 2.83. The van der Waals surface area contributed by atoms with Crippen molar-refractivity contribution in [3.05, 3.63) is 0 Å². The van der Waals surface area contributed by atoms with Crippen LogP contribution in [0.4, 0.5) is 4.79 Å². The van der Waals surface area contributed by atoms with Gasteiger partial charge in [0.15, 0.2) is 0 Å². The first-order valence-electron chi connectivity index (χ1n) is 3.88. The minimum absolute atomic E-state index is 0.139. The Bertz CT molecular complexity index is 269. The van der Waals surface area contributed by atoms with E-state index in [0.717, 1.165) is 0 Å². The van der Waals surface area contributed by atoms with Gasteiger partial charge in [-0.3, -0.25) is 4.79 Å². The van der Waals surface area contributed by atoms with Crippen molar-refractivity contribution in [2.24, 2.45) is 0 Å². The molecule has 0 bridgehead atoms. The van der Waals surface area contributed by atoms with E-state index in [1.54, 1.807) is 0 Å². The van der Waals surface area contributed by atoms with Crippen LogP contribution in [0.3, 0.4) is 0 Å². The molecule has 0 spiro atoms. The third-order valence-electron chi connectivity index (χ3n) is 1.93. The summed E-state index contributed by atoms with van der Waals surface area (Å²) in [6, 6.07) is -0.139. The number of carbonyl (C=O) groups is 2. The molecule has 0 aromatic rings. The molecule has 2 N–H and O–H groups in total. The summed E-state index contributed by atoms with van der Waals surface area (Å²) in [7, 11) is 0. The van der Waals surface area contributed by atoms with Gasteiger partial charge in [-0.2, -0.15) is 0 Å². The Hall–Kier alpha value is -1.70. The summed E-state index contributed by atoms with van der Waals surface area (Å²) >= 11 is 0. The number of likely N-dealkylation sites (tertiary alicyclic amines) is 1. The fourth-order valence-corrected chi connectivity index (χ4v) is 1.28. The number of carboxylic acid groups (broad SMARTS) is 1. The Kier molecular flexibility index (Phi) is 2.75. The molecule has 1 fully saturated rings. The molecule has 0 aromatic carbocycles. The van der Waals surface area contributed by atoms with Gasteiger partial charge >= 0.3 is 6.09 Å². The lowest BCUT2D eigenvalue weighted by atomic mass is 10.2. The molecular weight excluding hydrogens is 172 g/mol. The normalized spacial score (nSPS) is 20.8. The molecule has 1 aliphatic heterocycles. The molecule has 70 valence electrons. The molecule has 1 aliphatic rings. The van der Waals surface area contributed by atoms with Crippen LogP contribution in [0, 0.1) is 12.3 Å². The van der Waals surface area contributed by atoms with Crippen LogP contribution < -0.4 is 5.32 Å². The van der Waals surface area contributed by atoms with Crippen molar-refractivity contribution in [1.29, 1.82) is 0 Å². The largest absolute Gasteiger partial charge is 0.465 e. The van der Waals surface area contributed by atoms with Gasteiger partial charge in [0.05, 0.1) is 0 Å². The van der Waals surface area contributed by atoms with Crippen LogP contribution in [0.1, 0.15) is 6.42 Å². The predicted octanol–water partition coefficient (Wildman–Crippen LogP) is -0.512. The van der Waals surface area contributed by atoms with E-state index in [1.807, 2.05) is 5.92 Å². The maximum absolute atomic E-state index is 10.7. The Balaban J connectivity index is 2.38. The van der Waals surface area contributed by atoms with Gasteiger partial charge in [0.25, 0.3) is 5.91 Å². The summed E-state index contributed by atoms with van der Waals surface area (Å²) in [6.07, 6.45) is 4.52. The third kappa shape index (κ3) is 2.37. The lowest BCUT2D eigenvalue weighted by molar-refractivity contribution is -0.116. The van der Waals surface area contributed by atoms with Crippen LogP contribution in [0.15, 0.2) is 0 Å². The first-order valence-corrected chi connectivity index (χ1v) is 3.88. The quantitative estimate of drug-likeness (QED) is 0.536. The molecule has 1 atom stereocenters. The van der Waals surface area contributed by atoms with E-state index in [0.29, 0.717) is 19.5 Å². The number of hydrogen-bond donors (Lipinski definition) is 2. The molecule has 5 heteroatoms. The van der Waals surface area contributed by atoms with Gasteiger partial charge in [0.1, 0.15) is 0 Å². The van der Waals surface area contributed by atoms with Crippen molar-refractivity contribution in [3.63, 3.8) is 0 Å². The van der Waals surface area contributed by atoms with Gasteiger partial charge in [-0.15, -0.1) is 6.42 Å². The average Bonchev–Trinajstić information content (AvgIpc) is 2.52. The van der Waals surface area contributed by atoms with E-state index in [4.69, 9.17) is 11.5 Å². The van der Waals surface area contributed by atoms with Crippen LogP contribution in [0.25, 0.3) is 0 Å². The van der Waals surface area contributed by atoms with Crippen molar-refractivity contribution < 1.29 is 14.7 Å². The molecule has 5 nitrogen and oxygen atoms in total. The SMILES string of the molecule is C#CC(=O)NC1CCN(C(=O)O)C1. The number of amides is 2. The van der Waals surface area contributed by atoms with E-state index in [2.05, 4.69) is 5.32 Å². The Labute approximate surface area is 75.7 Å². The van der Waals surface area contributed by atoms with Gasteiger partial charge < -0.3 is 15.3 Å². The number of carbonyl (C=O) groups excluding carboxylic acids is 1. The fourth-order valence-electron chi connectivity index (χ4n) is 1.28. The summed E-state index contributed by atoms with van der Waals surface area (Å²) < 4.78 is 0. The topological polar surface area (TPSA) is 69.6 Å². The van der Waals surface area contributed by atoms with Crippen LogP contribution in [0.5, 0.6) is 0 Å². The highest BCUT2D eigenvalue weighted by Crippen LogP contribution is 2.08. The number of rotatable bonds is 1. The van der Waals surface area contributed by atoms with E-state index in [1.165, 1.54) is 4.90 Å². The van der Waals surface area contributed by atoms with Crippen molar-refractivity contribution in [2.75, 3.05) is 13.1 Å². The summed E-state index contributed by atoms with van der Waals surface area (Å²) in [5, 5.41) is 11.1. The van der Waals surface area contributed by atoms with Gasteiger partial charge in [0.2, 0.25) is 0 Å². The number of nitrogens with one attached hydrogen (secondary N) is 1. The molecule has 1 heterocycles. The number of nitrogens with zero attached hydrogens (tertiary/aromatic N) is 1. The standard InChI is InChI=1S/C8H10N2O3/c1-2-7(11)9-6-3-4-10(5-6)8(12)13/h1,6H,3-5H2,(H,9,11)(H,12,13). The second-order valence-electron chi connectivity index (χ2n) is 2.83. The third-order valence-corrected chi connectivity index (χ3v) is 1.93. The van der Waals surface area contributed by atoms with Crippen molar-refractivity contribution in [1.82, 2.24) is 10.2 Å². The molecule has 0 aromatic heterocycles. The van der Waals surface area contributed by atoms with Gasteiger partial charge in [-0.05, 0) is 12.3 Å². The number of terminal acetylenes is 1. The number of hydrogen-bond acceptors (Lipinski definition) is 2. The molecular formula is C8H10N2O3. The average molecular weight is 182 g/mol. The maximum atomic E-state index is 10.7. The zero-order valence-electron chi connectivity index (χ0n) is 6.99. The Morgan fingerprint density at radius 2 is 2.31 bits per heavy atom. The van der Waals surface area contributed by atoms with Crippen molar-refractivity contribution in [3.8, 4) is 12.3 Å². The lowest BCUT2D eigenvalue weighted by Crippen LogP contribution is -2.37. The summed E-state index contributed by atoms with van der Waals surface area (Å²) in [6.45, 7) is 0.771. The summed E-state index contributed by atoms with van der Waals surface area (Å²) in [5.74, 6) is 1.43. The summed E-state index contributed by atoms with van der Waals surface area (Å²) in [5.41, 5.74) is 0. The van der Waals surface area contributed by atoms with E-state index in [9.17, 15) is 9.59 Å². The molecule has 1 unspecified atom stereocenters. The highest BCUT2D eigenvalue weighted by atomic mass is 16.4. The Morgan fingerprint density at radius 1 is 1.62 bits per heavy atom. The van der Waals surface area contributed by atoms with Crippen molar-refractivity contribution in [2.45, 2.75) is 12.5 Å². The first-order chi connectivity index (χ1) is 6.13. The predicted molar refractivity (Wildman–Crippen MR) is 45.0 cm³/mol. The molecule has 13 heavy (non-hydrogen) atoms. The molecule has 0 aliphatic carbocycles. The monoisotopic (exact) mass is 182 g/mol. The van der Waals surface area contributed by atoms with Gasteiger partial charge in [0, 0.05) is 19.1 Å². The first kappa shape index (κ1) is 9.39. The molecule has 0 radical (unpaired) electrons. The van der Waals surface area contributed by atoms with Gasteiger partial charge in [-0.1, -0.05) is 0 Å². The molecule has 1 saturated heterocycles. The Morgan fingerprint density at radius 3 is 2.77 bits per heavy atom. The fraction of sp³-hybridized carbons (Fsp3) is 0.500. The molecule has 1 rings (SSSR count). The van der Waals surface area contributed by atoms with E-state index < -0.39 is 12.0 Å². The summed E-state index contributed by atoms with van der Waals surface area (Å²) in [4.78, 5) is 22.5. The van der Waals surface area contributed by atoms with Crippen LogP contribution in [-0.4, -0.2) is 41.1 Å². The highest BCUT2D eigenvalue weighted by Gasteiger charge is 2.26. The second kappa shape index (κ2) is 3.81. The van der Waals surface area contributed by atoms with E-state index in [-0.39, 0.29) is 6.04 Å².